The highest BCUT2D eigenvalue weighted by molar-refractivity contribution is 5.78. The standard InChI is InChI=1S/C13H18N4O3/c1-2-14-11-7-10(3-4-12(11)17(19)20)8-16-6-5-15-13(18)9-16/h3-4,7,14H,2,5-6,8-9H2,1H3,(H,15,18). The zero-order valence-corrected chi connectivity index (χ0v) is 11.4. The zero-order valence-electron chi connectivity index (χ0n) is 11.4. The number of rotatable bonds is 5. The molecule has 2 rings (SSSR count). The van der Waals surface area contributed by atoms with Gasteiger partial charge in [-0.25, -0.2) is 0 Å². The van der Waals surface area contributed by atoms with Crippen LogP contribution in [0.5, 0.6) is 0 Å². The molecule has 0 radical (unpaired) electrons. The summed E-state index contributed by atoms with van der Waals surface area (Å²) in [5.74, 6) is 0.0186. The van der Waals surface area contributed by atoms with Crippen LogP contribution in [0.3, 0.4) is 0 Å². The van der Waals surface area contributed by atoms with Crippen LogP contribution in [-0.2, 0) is 11.3 Å². The molecule has 1 saturated heterocycles. The third kappa shape index (κ3) is 3.45. The van der Waals surface area contributed by atoms with E-state index >= 15 is 0 Å². The van der Waals surface area contributed by atoms with Gasteiger partial charge in [0.2, 0.25) is 5.91 Å². The van der Waals surface area contributed by atoms with Crippen molar-refractivity contribution in [1.82, 2.24) is 10.2 Å². The molecule has 0 aromatic heterocycles. The van der Waals surface area contributed by atoms with E-state index in [1.807, 2.05) is 11.8 Å². The second kappa shape index (κ2) is 6.33. The van der Waals surface area contributed by atoms with E-state index in [9.17, 15) is 14.9 Å². The summed E-state index contributed by atoms with van der Waals surface area (Å²) in [6, 6.07) is 5.04. The molecule has 0 saturated carbocycles. The lowest BCUT2D eigenvalue weighted by Gasteiger charge is -2.26. The average molecular weight is 278 g/mol. The highest BCUT2D eigenvalue weighted by atomic mass is 16.6. The van der Waals surface area contributed by atoms with Gasteiger partial charge in [-0.1, -0.05) is 6.07 Å². The van der Waals surface area contributed by atoms with Crippen molar-refractivity contribution in [3.8, 4) is 0 Å². The van der Waals surface area contributed by atoms with Crippen molar-refractivity contribution in [1.29, 1.82) is 0 Å². The molecular weight excluding hydrogens is 260 g/mol. The molecule has 0 bridgehead atoms. The Morgan fingerprint density at radius 1 is 1.50 bits per heavy atom. The van der Waals surface area contributed by atoms with Gasteiger partial charge in [-0.05, 0) is 18.6 Å². The van der Waals surface area contributed by atoms with E-state index in [2.05, 4.69) is 10.6 Å². The Balaban J connectivity index is 2.13. The number of carbonyl (C=O) groups is 1. The molecular formula is C13H18N4O3. The number of hydrogen-bond acceptors (Lipinski definition) is 5. The van der Waals surface area contributed by atoms with Gasteiger partial charge in [-0.2, -0.15) is 0 Å². The fraction of sp³-hybridized carbons (Fsp3) is 0.462. The molecule has 7 heteroatoms. The summed E-state index contributed by atoms with van der Waals surface area (Å²) in [5, 5.41) is 16.7. The number of benzene rings is 1. The van der Waals surface area contributed by atoms with Gasteiger partial charge >= 0.3 is 0 Å². The van der Waals surface area contributed by atoms with Crippen molar-refractivity contribution in [3.05, 3.63) is 33.9 Å². The van der Waals surface area contributed by atoms with E-state index in [-0.39, 0.29) is 11.6 Å². The number of amides is 1. The van der Waals surface area contributed by atoms with Gasteiger partial charge in [0.1, 0.15) is 5.69 Å². The minimum absolute atomic E-state index is 0.0186. The van der Waals surface area contributed by atoms with Crippen molar-refractivity contribution >= 4 is 17.3 Å². The number of nitrogens with one attached hydrogen (secondary N) is 2. The van der Waals surface area contributed by atoms with Crippen molar-refractivity contribution < 1.29 is 9.72 Å². The SMILES string of the molecule is CCNc1cc(CN2CCNC(=O)C2)ccc1[N+](=O)[O-]. The van der Waals surface area contributed by atoms with Gasteiger partial charge in [-0.3, -0.25) is 19.8 Å². The molecule has 1 amide bonds. The van der Waals surface area contributed by atoms with Crippen LogP contribution in [-0.4, -0.2) is 41.9 Å². The highest BCUT2D eigenvalue weighted by Gasteiger charge is 2.18. The summed E-state index contributed by atoms with van der Waals surface area (Å²) in [5.41, 5.74) is 1.56. The van der Waals surface area contributed by atoms with Crippen molar-refractivity contribution in [2.24, 2.45) is 0 Å². The van der Waals surface area contributed by atoms with Crippen LogP contribution in [0.15, 0.2) is 18.2 Å². The lowest BCUT2D eigenvalue weighted by Crippen LogP contribution is -2.47. The Labute approximate surface area is 117 Å². The number of carbonyl (C=O) groups excluding carboxylic acids is 1. The molecule has 1 aromatic rings. The number of nitro groups is 1. The molecule has 1 fully saturated rings. The number of anilines is 1. The quantitative estimate of drug-likeness (QED) is 0.618. The maximum absolute atomic E-state index is 11.3. The number of hydrogen-bond donors (Lipinski definition) is 2. The van der Waals surface area contributed by atoms with Crippen LogP contribution in [0, 0.1) is 10.1 Å². The van der Waals surface area contributed by atoms with Crippen molar-refractivity contribution in [2.45, 2.75) is 13.5 Å². The largest absolute Gasteiger partial charge is 0.380 e. The molecule has 20 heavy (non-hydrogen) atoms. The minimum atomic E-state index is -0.393. The van der Waals surface area contributed by atoms with Gasteiger partial charge < -0.3 is 10.6 Å². The summed E-state index contributed by atoms with van der Waals surface area (Å²) >= 11 is 0. The van der Waals surface area contributed by atoms with E-state index < -0.39 is 4.92 Å². The zero-order chi connectivity index (χ0) is 14.5. The summed E-state index contributed by atoms with van der Waals surface area (Å²) < 4.78 is 0. The monoisotopic (exact) mass is 278 g/mol. The normalized spacial score (nSPS) is 15.8. The second-order valence-electron chi connectivity index (χ2n) is 4.70. The van der Waals surface area contributed by atoms with Crippen LogP contribution >= 0.6 is 0 Å². The molecule has 0 aliphatic carbocycles. The first-order valence-electron chi connectivity index (χ1n) is 6.60. The molecule has 0 unspecified atom stereocenters. The van der Waals surface area contributed by atoms with Crippen LogP contribution in [0.25, 0.3) is 0 Å². The fourth-order valence-electron chi connectivity index (χ4n) is 2.26. The Hall–Kier alpha value is -2.15. The molecule has 1 aliphatic rings. The summed E-state index contributed by atoms with van der Waals surface area (Å²) in [6.45, 7) is 4.93. The third-order valence-corrected chi connectivity index (χ3v) is 3.15. The highest BCUT2D eigenvalue weighted by Crippen LogP contribution is 2.26. The topological polar surface area (TPSA) is 87.5 Å². The molecule has 1 aliphatic heterocycles. The molecule has 0 atom stereocenters. The van der Waals surface area contributed by atoms with Crippen LogP contribution in [0.1, 0.15) is 12.5 Å². The van der Waals surface area contributed by atoms with E-state index in [1.54, 1.807) is 12.1 Å². The Morgan fingerprint density at radius 3 is 2.95 bits per heavy atom. The first-order valence-corrected chi connectivity index (χ1v) is 6.60. The lowest BCUT2D eigenvalue weighted by atomic mass is 10.1. The lowest BCUT2D eigenvalue weighted by molar-refractivity contribution is -0.384. The van der Waals surface area contributed by atoms with Crippen LogP contribution < -0.4 is 10.6 Å². The fourth-order valence-corrected chi connectivity index (χ4v) is 2.26. The Bertz CT molecular complexity index is 518. The van der Waals surface area contributed by atoms with E-state index in [4.69, 9.17) is 0 Å². The first kappa shape index (κ1) is 14.3. The number of piperazine rings is 1. The Kier molecular flexibility index (Phi) is 4.52. The van der Waals surface area contributed by atoms with Gasteiger partial charge in [0.05, 0.1) is 11.5 Å². The smallest absolute Gasteiger partial charge is 0.292 e. The predicted molar refractivity (Wildman–Crippen MR) is 75.5 cm³/mol. The maximum atomic E-state index is 11.3. The first-order chi connectivity index (χ1) is 9.60. The molecule has 0 spiro atoms. The summed E-state index contributed by atoms with van der Waals surface area (Å²) in [4.78, 5) is 23.9. The van der Waals surface area contributed by atoms with Crippen molar-refractivity contribution in [2.75, 3.05) is 31.5 Å². The number of nitro benzene ring substituents is 1. The molecule has 108 valence electrons. The van der Waals surface area contributed by atoms with E-state index in [0.717, 1.165) is 12.1 Å². The van der Waals surface area contributed by atoms with Gasteiger partial charge in [-0.15, -0.1) is 0 Å². The van der Waals surface area contributed by atoms with Crippen LogP contribution in [0.4, 0.5) is 11.4 Å². The minimum Gasteiger partial charge on any atom is -0.380 e. The molecule has 1 aromatic carbocycles. The van der Waals surface area contributed by atoms with Crippen molar-refractivity contribution in [3.63, 3.8) is 0 Å². The Morgan fingerprint density at radius 2 is 2.30 bits per heavy atom. The average Bonchev–Trinajstić information content (AvgIpc) is 2.39. The van der Waals surface area contributed by atoms with E-state index in [0.29, 0.717) is 31.9 Å². The van der Waals surface area contributed by atoms with Gasteiger partial charge in [0, 0.05) is 32.2 Å². The predicted octanol–water partition coefficient (Wildman–Crippen LogP) is 0.958. The van der Waals surface area contributed by atoms with E-state index in [1.165, 1.54) is 6.07 Å². The second-order valence-corrected chi connectivity index (χ2v) is 4.70. The maximum Gasteiger partial charge on any atom is 0.292 e. The summed E-state index contributed by atoms with van der Waals surface area (Å²) in [6.07, 6.45) is 0. The molecule has 2 N–H and O–H groups in total. The molecule has 1 heterocycles. The van der Waals surface area contributed by atoms with Gasteiger partial charge in [0.15, 0.2) is 0 Å². The van der Waals surface area contributed by atoms with Gasteiger partial charge in [0.25, 0.3) is 5.69 Å². The van der Waals surface area contributed by atoms with Crippen LogP contribution in [0.2, 0.25) is 0 Å². The number of nitrogens with zero attached hydrogens (tertiary/aromatic N) is 2. The molecule has 7 nitrogen and oxygen atoms in total. The third-order valence-electron chi connectivity index (χ3n) is 3.15. The summed E-state index contributed by atoms with van der Waals surface area (Å²) in [7, 11) is 0.